The smallest absolute Gasteiger partial charge is 0.252 e. The Bertz CT molecular complexity index is 4000. The van der Waals surface area contributed by atoms with Crippen LogP contribution < -0.4 is 52.4 Å². The van der Waals surface area contributed by atoms with Gasteiger partial charge in [-0.1, -0.05) is 167 Å². The SMILES string of the molecule is CCCCc1cc(I)cc(N2c3ccccc3B3c4ccc5c6c4N(c4cccc2c43)c2c(-c3ccccc3)sc(-c3ccccc3)c2N6c2cccc3c2B5c2ccccc2N3c2cc(CCCC)cc(CCCC)c2)c1. The first-order chi connectivity index (χ1) is 38.5. The highest BCUT2D eigenvalue weighted by molar-refractivity contribution is 14.1. The fraction of sp³-hybridized carbons (Fsp3) is 0.171. The Kier molecular flexibility index (Phi) is 11.8. The van der Waals surface area contributed by atoms with Crippen LogP contribution in [-0.2, 0) is 19.3 Å². The molecular formula is C70H59B2IN4S. The van der Waals surface area contributed by atoms with Crippen molar-refractivity contribution in [1.29, 1.82) is 0 Å². The molecule has 378 valence electrons. The Balaban J connectivity index is 1.03. The molecule has 0 aliphatic carbocycles. The Hall–Kier alpha value is -7.26. The molecule has 0 amide bonds. The molecule has 8 heteroatoms. The van der Waals surface area contributed by atoms with Gasteiger partial charge in [-0.3, -0.25) is 0 Å². The zero-order valence-corrected chi connectivity index (χ0v) is 47.5. The number of halogens is 1. The second-order valence-electron chi connectivity index (χ2n) is 22.0. The van der Waals surface area contributed by atoms with Gasteiger partial charge < -0.3 is 19.6 Å². The van der Waals surface area contributed by atoms with Gasteiger partial charge in [-0.05, 0) is 188 Å². The van der Waals surface area contributed by atoms with E-state index in [1.807, 2.05) is 11.3 Å². The van der Waals surface area contributed by atoms with Gasteiger partial charge in [0.1, 0.15) is 0 Å². The number of aryl methyl sites for hydroxylation is 3. The quantitative estimate of drug-likeness (QED) is 0.0842. The lowest BCUT2D eigenvalue weighted by molar-refractivity contribution is 0.780. The third-order valence-corrected chi connectivity index (χ3v) is 19.1. The molecule has 0 saturated carbocycles. The molecular weight excluding hydrogens is 1080 g/mol. The van der Waals surface area contributed by atoms with Crippen LogP contribution >= 0.6 is 33.9 Å². The second-order valence-corrected chi connectivity index (χ2v) is 24.3. The molecule has 0 radical (unpaired) electrons. The minimum Gasteiger partial charge on any atom is -0.311 e. The van der Waals surface area contributed by atoms with Crippen LogP contribution in [-0.4, -0.2) is 13.4 Å². The maximum Gasteiger partial charge on any atom is 0.252 e. The number of para-hydroxylation sites is 2. The minimum atomic E-state index is 0.00195. The summed E-state index contributed by atoms with van der Waals surface area (Å²) < 4.78 is 1.27. The summed E-state index contributed by atoms with van der Waals surface area (Å²) in [7, 11) is 0. The van der Waals surface area contributed by atoms with E-state index in [1.54, 1.807) is 0 Å². The highest BCUT2D eigenvalue weighted by atomic mass is 127. The molecule has 0 unspecified atom stereocenters. The van der Waals surface area contributed by atoms with Gasteiger partial charge in [-0.15, -0.1) is 11.3 Å². The minimum absolute atomic E-state index is 0.00195. The third-order valence-electron chi connectivity index (χ3n) is 17.3. The number of hydrogen-bond acceptors (Lipinski definition) is 5. The van der Waals surface area contributed by atoms with Gasteiger partial charge in [0.2, 0.25) is 0 Å². The summed E-state index contributed by atoms with van der Waals surface area (Å²) in [6, 6.07) is 75.2. The van der Waals surface area contributed by atoms with Crippen molar-refractivity contribution in [3.05, 3.63) is 214 Å². The molecule has 0 fully saturated rings. The average molecular weight is 1140 g/mol. The fourth-order valence-corrected chi connectivity index (χ4v) is 16.0. The summed E-state index contributed by atoms with van der Waals surface area (Å²) >= 11 is 4.49. The topological polar surface area (TPSA) is 13.0 Å². The largest absolute Gasteiger partial charge is 0.311 e. The normalized spacial score (nSPS) is 13.7. The van der Waals surface area contributed by atoms with E-state index in [-0.39, 0.29) is 13.4 Å². The van der Waals surface area contributed by atoms with Crippen molar-refractivity contribution >= 4 is 148 Å². The molecule has 0 atom stereocenters. The van der Waals surface area contributed by atoms with E-state index in [0.717, 1.165) is 19.3 Å². The Labute approximate surface area is 478 Å². The molecule has 1 aromatic heterocycles. The van der Waals surface area contributed by atoms with Gasteiger partial charge in [0, 0.05) is 49.1 Å². The number of thiophene rings is 1. The fourth-order valence-electron chi connectivity index (χ4n) is 14.0. The van der Waals surface area contributed by atoms with Crippen molar-refractivity contribution in [3.63, 3.8) is 0 Å². The van der Waals surface area contributed by atoms with Gasteiger partial charge in [-0.2, -0.15) is 0 Å². The van der Waals surface area contributed by atoms with Crippen LogP contribution in [0.2, 0.25) is 0 Å². The number of nitrogens with zero attached hydrogens (tertiary/aromatic N) is 4. The summed E-state index contributed by atoms with van der Waals surface area (Å²) in [6.07, 6.45) is 10.3. The summed E-state index contributed by atoms with van der Waals surface area (Å²) in [6.45, 7) is 6.92. The summed E-state index contributed by atoms with van der Waals surface area (Å²) in [5.74, 6) is 0. The first-order valence-electron chi connectivity index (χ1n) is 28.5. The Morgan fingerprint density at radius 2 is 0.744 bits per heavy atom. The summed E-state index contributed by atoms with van der Waals surface area (Å²) in [5.41, 5.74) is 30.0. The van der Waals surface area contributed by atoms with Crippen molar-refractivity contribution in [3.8, 4) is 20.9 Å². The number of unbranched alkanes of at least 4 members (excludes halogenated alkanes) is 3. The highest BCUT2D eigenvalue weighted by Gasteiger charge is 2.53. The molecule has 10 aromatic rings. The lowest BCUT2D eigenvalue weighted by atomic mass is 9.31. The molecule has 78 heavy (non-hydrogen) atoms. The van der Waals surface area contributed by atoms with Crippen molar-refractivity contribution in [2.45, 2.75) is 78.6 Å². The molecule has 0 spiro atoms. The number of hydrogen-bond donors (Lipinski definition) is 0. The zero-order chi connectivity index (χ0) is 52.2. The van der Waals surface area contributed by atoms with E-state index in [4.69, 9.17) is 0 Å². The monoisotopic (exact) mass is 1140 g/mol. The van der Waals surface area contributed by atoms with Gasteiger partial charge >= 0.3 is 0 Å². The zero-order valence-electron chi connectivity index (χ0n) is 44.6. The maximum atomic E-state index is 2.75. The molecule has 0 saturated heterocycles. The third kappa shape index (κ3) is 7.31. The first-order valence-corrected chi connectivity index (χ1v) is 30.4. The average Bonchev–Trinajstić information content (AvgIpc) is 4.05. The van der Waals surface area contributed by atoms with E-state index in [1.165, 1.54) is 181 Å². The second kappa shape index (κ2) is 19.3. The van der Waals surface area contributed by atoms with Crippen LogP contribution in [0.1, 0.15) is 76.0 Å². The van der Waals surface area contributed by atoms with E-state index in [9.17, 15) is 0 Å². The van der Waals surface area contributed by atoms with E-state index in [0.29, 0.717) is 0 Å². The Morgan fingerprint density at radius 1 is 0.359 bits per heavy atom. The molecule has 5 aliphatic heterocycles. The standard InChI is InChI=1S/C70H59B2IN4S/c1-4-7-22-45-39-46(23-8-5-2)42-51(41-45)74-57-31-18-16-29-53(57)71-55-37-38-56-66-65(55)76(61-35-20-33-59(74)63(61)71)67-68(70(49-27-14-11-15-28-49)78-69(67)48-25-12-10-13-26-48)77(66)62-36-21-34-60-64(62)72(56)54-30-17-19-32-58(54)75(60)52-43-47(24-9-6-3)40-50(73)44-52/h10-21,25-44H,4-9,22-24H2,1-3H3. The van der Waals surface area contributed by atoms with Crippen molar-refractivity contribution in [2.75, 3.05) is 19.6 Å². The molecule has 6 heterocycles. The Morgan fingerprint density at radius 3 is 1.19 bits per heavy atom. The van der Waals surface area contributed by atoms with Gasteiger partial charge in [0.15, 0.2) is 0 Å². The summed E-state index contributed by atoms with van der Waals surface area (Å²) in [5, 5.41) is 0. The predicted octanol–water partition coefficient (Wildman–Crippen LogP) is 16.2. The highest BCUT2D eigenvalue weighted by Crippen LogP contribution is 2.65. The van der Waals surface area contributed by atoms with E-state index >= 15 is 0 Å². The molecule has 9 aromatic carbocycles. The summed E-state index contributed by atoms with van der Waals surface area (Å²) in [4.78, 5) is 13.2. The molecule has 0 N–H and O–H groups in total. The van der Waals surface area contributed by atoms with E-state index in [2.05, 4.69) is 257 Å². The molecule has 15 rings (SSSR count). The lowest BCUT2D eigenvalue weighted by Gasteiger charge is -2.51. The number of fused-ring (bicyclic) bond motifs is 11. The number of rotatable bonds is 13. The van der Waals surface area contributed by atoms with Crippen LogP contribution in [0.4, 0.5) is 68.2 Å². The van der Waals surface area contributed by atoms with E-state index < -0.39 is 0 Å². The van der Waals surface area contributed by atoms with Gasteiger partial charge in [-0.25, -0.2) is 0 Å². The van der Waals surface area contributed by atoms with Gasteiger partial charge in [0.05, 0.1) is 32.5 Å². The van der Waals surface area contributed by atoms with Crippen molar-refractivity contribution < 1.29 is 0 Å². The van der Waals surface area contributed by atoms with Crippen LogP contribution in [0.3, 0.4) is 0 Å². The van der Waals surface area contributed by atoms with Crippen LogP contribution in [0, 0.1) is 3.57 Å². The maximum absolute atomic E-state index is 2.75. The number of benzene rings is 9. The van der Waals surface area contributed by atoms with Crippen molar-refractivity contribution in [1.82, 2.24) is 0 Å². The molecule has 0 bridgehead atoms. The van der Waals surface area contributed by atoms with Gasteiger partial charge in [0.25, 0.3) is 13.4 Å². The van der Waals surface area contributed by atoms with Crippen LogP contribution in [0.25, 0.3) is 20.9 Å². The first kappa shape index (κ1) is 47.9. The van der Waals surface area contributed by atoms with Crippen LogP contribution in [0.5, 0.6) is 0 Å². The van der Waals surface area contributed by atoms with Crippen molar-refractivity contribution in [2.24, 2.45) is 0 Å². The molecule has 5 aliphatic rings. The molecule has 4 nitrogen and oxygen atoms in total. The number of anilines is 12. The lowest BCUT2D eigenvalue weighted by Crippen LogP contribution is -2.65. The predicted molar refractivity (Wildman–Crippen MR) is 345 cm³/mol. The van der Waals surface area contributed by atoms with Crippen LogP contribution in [0.15, 0.2) is 194 Å².